The predicted molar refractivity (Wildman–Crippen MR) is 92.8 cm³/mol. The maximum atomic E-state index is 12.5. The van der Waals surface area contributed by atoms with Crippen LogP contribution < -0.4 is 5.32 Å². The van der Waals surface area contributed by atoms with Gasteiger partial charge in [-0.1, -0.05) is 36.4 Å². The van der Waals surface area contributed by atoms with Crippen molar-refractivity contribution in [1.29, 1.82) is 0 Å². The number of para-hydroxylation sites is 1. The Morgan fingerprint density at radius 3 is 2.92 bits per heavy atom. The lowest BCUT2D eigenvalue weighted by Gasteiger charge is -2.13. The number of pyridine rings is 1. The predicted octanol–water partition coefficient (Wildman–Crippen LogP) is 3.29. The summed E-state index contributed by atoms with van der Waals surface area (Å²) in [5.74, 6) is -0.110. The molecule has 1 unspecified atom stereocenters. The Balaban J connectivity index is 1.49. The van der Waals surface area contributed by atoms with Crippen molar-refractivity contribution in [2.45, 2.75) is 25.3 Å². The summed E-state index contributed by atoms with van der Waals surface area (Å²) < 4.78 is 0. The van der Waals surface area contributed by atoms with Gasteiger partial charge in [-0.05, 0) is 36.6 Å². The van der Waals surface area contributed by atoms with Crippen molar-refractivity contribution in [2.24, 2.45) is 0 Å². The van der Waals surface area contributed by atoms with Crippen LogP contribution in [-0.2, 0) is 17.8 Å². The molecule has 4 rings (SSSR count). The van der Waals surface area contributed by atoms with Gasteiger partial charge in [-0.2, -0.15) is 0 Å². The van der Waals surface area contributed by atoms with E-state index in [-0.39, 0.29) is 17.6 Å². The molecule has 0 aliphatic heterocycles. The zero-order valence-corrected chi connectivity index (χ0v) is 13.2. The van der Waals surface area contributed by atoms with Gasteiger partial charge in [0, 0.05) is 10.9 Å². The van der Waals surface area contributed by atoms with Gasteiger partial charge in [-0.25, -0.2) is 0 Å². The van der Waals surface area contributed by atoms with Crippen molar-refractivity contribution in [3.8, 4) is 5.75 Å². The van der Waals surface area contributed by atoms with Gasteiger partial charge < -0.3 is 10.4 Å². The van der Waals surface area contributed by atoms with Crippen molar-refractivity contribution >= 4 is 16.8 Å². The molecule has 1 amide bonds. The summed E-state index contributed by atoms with van der Waals surface area (Å²) in [6.45, 7) is 0.392. The molecule has 24 heavy (non-hydrogen) atoms. The van der Waals surface area contributed by atoms with Gasteiger partial charge in [0.2, 0.25) is 5.91 Å². The average molecular weight is 318 g/mol. The molecule has 120 valence electrons. The lowest BCUT2D eigenvalue weighted by atomic mass is 9.99. The van der Waals surface area contributed by atoms with Crippen molar-refractivity contribution in [3.63, 3.8) is 0 Å². The number of hydrogen-bond donors (Lipinski definition) is 2. The number of aromatic hydroxyl groups is 1. The first-order valence-corrected chi connectivity index (χ1v) is 8.15. The summed E-state index contributed by atoms with van der Waals surface area (Å²) in [6, 6.07) is 17.3. The van der Waals surface area contributed by atoms with Crippen molar-refractivity contribution < 1.29 is 9.90 Å². The molecule has 4 nitrogen and oxygen atoms in total. The van der Waals surface area contributed by atoms with E-state index in [4.69, 9.17) is 0 Å². The Hall–Kier alpha value is -2.88. The fourth-order valence-corrected chi connectivity index (χ4v) is 3.43. The first-order chi connectivity index (χ1) is 11.7. The Kier molecular flexibility index (Phi) is 3.65. The van der Waals surface area contributed by atoms with E-state index < -0.39 is 0 Å². The second kappa shape index (κ2) is 5.96. The number of hydrogen-bond acceptors (Lipinski definition) is 3. The standard InChI is InChI=1S/C20H18N2O2/c23-18-7-3-5-14-9-11-16(19(14)18)20(24)21-12-15-10-8-13-4-1-2-6-17(13)22-15/h1-8,10,16,23H,9,11-12H2,(H,21,24). The van der Waals surface area contributed by atoms with Gasteiger partial charge in [0.1, 0.15) is 5.75 Å². The minimum Gasteiger partial charge on any atom is -0.508 e. The molecule has 0 saturated heterocycles. The molecule has 0 spiro atoms. The van der Waals surface area contributed by atoms with Crippen LogP contribution in [-0.4, -0.2) is 16.0 Å². The van der Waals surface area contributed by atoms with E-state index in [0.717, 1.165) is 40.6 Å². The highest BCUT2D eigenvalue weighted by molar-refractivity contribution is 5.86. The number of phenolic OH excluding ortho intramolecular Hbond substituents is 1. The van der Waals surface area contributed by atoms with Gasteiger partial charge in [0.25, 0.3) is 0 Å². The van der Waals surface area contributed by atoms with E-state index in [1.807, 2.05) is 48.5 Å². The number of benzene rings is 2. The Labute approximate surface area is 140 Å². The third kappa shape index (κ3) is 2.60. The van der Waals surface area contributed by atoms with Gasteiger partial charge in [-0.15, -0.1) is 0 Å². The quantitative estimate of drug-likeness (QED) is 0.779. The summed E-state index contributed by atoms with van der Waals surface area (Å²) in [4.78, 5) is 17.1. The maximum absolute atomic E-state index is 12.5. The molecule has 0 radical (unpaired) electrons. The van der Waals surface area contributed by atoms with Crippen LogP contribution in [0, 0.1) is 0 Å². The summed E-state index contributed by atoms with van der Waals surface area (Å²) >= 11 is 0. The van der Waals surface area contributed by atoms with Crippen LogP contribution >= 0.6 is 0 Å². The maximum Gasteiger partial charge on any atom is 0.228 e. The number of carbonyl (C=O) groups is 1. The number of aromatic nitrogens is 1. The van der Waals surface area contributed by atoms with Gasteiger partial charge in [-0.3, -0.25) is 9.78 Å². The lowest BCUT2D eigenvalue weighted by Crippen LogP contribution is -2.28. The van der Waals surface area contributed by atoms with Gasteiger partial charge in [0.15, 0.2) is 0 Å². The molecule has 1 aromatic heterocycles. The molecule has 0 fully saturated rings. The largest absolute Gasteiger partial charge is 0.508 e. The molecular formula is C20H18N2O2. The molecule has 0 bridgehead atoms. The van der Waals surface area contributed by atoms with E-state index in [1.54, 1.807) is 6.07 Å². The van der Waals surface area contributed by atoms with E-state index in [2.05, 4.69) is 10.3 Å². The third-order valence-corrected chi connectivity index (χ3v) is 4.64. The molecule has 2 N–H and O–H groups in total. The molecule has 1 atom stereocenters. The fraction of sp³-hybridized carbons (Fsp3) is 0.200. The number of amides is 1. The number of nitrogens with one attached hydrogen (secondary N) is 1. The zero-order valence-electron chi connectivity index (χ0n) is 13.2. The zero-order chi connectivity index (χ0) is 16.5. The monoisotopic (exact) mass is 318 g/mol. The van der Waals surface area contributed by atoms with E-state index in [1.165, 1.54) is 0 Å². The van der Waals surface area contributed by atoms with E-state index in [0.29, 0.717) is 6.54 Å². The van der Waals surface area contributed by atoms with Crippen LogP contribution in [0.25, 0.3) is 10.9 Å². The van der Waals surface area contributed by atoms with Crippen molar-refractivity contribution in [2.75, 3.05) is 0 Å². The first-order valence-electron chi connectivity index (χ1n) is 8.15. The molecule has 0 saturated carbocycles. The molecule has 3 aromatic rings. The summed E-state index contributed by atoms with van der Waals surface area (Å²) in [7, 11) is 0. The molecular weight excluding hydrogens is 300 g/mol. The highest BCUT2D eigenvalue weighted by Gasteiger charge is 2.30. The lowest BCUT2D eigenvalue weighted by molar-refractivity contribution is -0.122. The molecule has 1 aliphatic carbocycles. The Bertz CT molecular complexity index is 920. The Morgan fingerprint density at radius 1 is 1.12 bits per heavy atom. The summed E-state index contributed by atoms with van der Waals surface area (Å²) in [6.07, 6.45) is 1.57. The molecule has 4 heteroatoms. The summed E-state index contributed by atoms with van der Waals surface area (Å²) in [5, 5.41) is 14.1. The van der Waals surface area contributed by atoms with Crippen LogP contribution in [0.5, 0.6) is 5.75 Å². The molecule has 2 aromatic carbocycles. The van der Waals surface area contributed by atoms with E-state index in [9.17, 15) is 9.90 Å². The highest BCUT2D eigenvalue weighted by Crippen LogP contribution is 2.38. The van der Waals surface area contributed by atoms with Gasteiger partial charge >= 0.3 is 0 Å². The number of aryl methyl sites for hydroxylation is 1. The summed E-state index contributed by atoms with van der Waals surface area (Å²) in [5.41, 5.74) is 3.60. The highest BCUT2D eigenvalue weighted by atomic mass is 16.3. The molecule has 1 heterocycles. The minimum absolute atomic E-state index is 0.0507. The number of fused-ring (bicyclic) bond motifs is 2. The topological polar surface area (TPSA) is 62.2 Å². The van der Waals surface area contributed by atoms with Crippen LogP contribution in [0.4, 0.5) is 0 Å². The molecule has 1 aliphatic rings. The van der Waals surface area contributed by atoms with Crippen LogP contribution in [0.1, 0.15) is 29.2 Å². The van der Waals surface area contributed by atoms with Crippen LogP contribution in [0.15, 0.2) is 54.6 Å². The average Bonchev–Trinajstić information content (AvgIpc) is 3.05. The van der Waals surface area contributed by atoms with Crippen molar-refractivity contribution in [3.05, 3.63) is 71.4 Å². The Morgan fingerprint density at radius 2 is 2.00 bits per heavy atom. The minimum atomic E-state index is -0.276. The van der Waals surface area contributed by atoms with E-state index >= 15 is 0 Å². The van der Waals surface area contributed by atoms with Crippen molar-refractivity contribution in [1.82, 2.24) is 10.3 Å². The second-order valence-corrected chi connectivity index (χ2v) is 6.15. The fourth-order valence-electron chi connectivity index (χ4n) is 3.43. The number of nitrogens with zero attached hydrogens (tertiary/aromatic N) is 1. The normalized spacial score (nSPS) is 16.1. The van der Waals surface area contributed by atoms with Crippen LogP contribution in [0.3, 0.4) is 0 Å². The number of phenols is 1. The second-order valence-electron chi connectivity index (χ2n) is 6.15. The smallest absolute Gasteiger partial charge is 0.228 e. The van der Waals surface area contributed by atoms with Crippen LogP contribution in [0.2, 0.25) is 0 Å². The number of rotatable bonds is 3. The number of carbonyl (C=O) groups excluding carboxylic acids is 1. The SMILES string of the molecule is O=C(NCc1ccc2ccccc2n1)C1CCc2cccc(O)c21. The first kappa shape index (κ1) is 14.7. The third-order valence-electron chi connectivity index (χ3n) is 4.64. The van der Waals surface area contributed by atoms with Gasteiger partial charge in [0.05, 0.1) is 23.7 Å².